The van der Waals surface area contributed by atoms with Crippen LogP contribution in [0.25, 0.3) is 11.4 Å². The zero-order valence-electron chi connectivity index (χ0n) is 13.9. The second kappa shape index (κ2) is 6.64. The summed E-state index contributed by atoms with van der Waals surface area (Å²) in [7, 11) is 0. The number of thiophene rings is 1. The molecule has 0 aliphatic carbocycles. The molecule has 6 nitrogen and oxygen atoms in total. The topological polar surface area (TPSA) is 62.5 Å². The van der Waals surface area contributed by atoms with Crippen molar-refractivity contribution in [2.75, 3.05) is 13.1 Å². The molecule has 2 atom stereocenters. The second-order valence-electron chi connectivity index (χ2n) is 6.63. The maximum absolute atomic E-state index is 11.9. The molecule has 2 aliphatic heterocycles. The van der Waals surface area contributed by atoms with E-state index < -0.39 is 0 Å². The monoisotopic (exact) mass is 346 g/mol. The minimum atomic E-state index is 0.196. The molecule has 0 bridgehead atoms. The first kappa shape index (κ1) is 15.8. The molecule has 0 spiro atoms. The number of likely N-dealkylation sites (tertiary alicyclic amines) is 2. The number of hydrogen-bond donors (Lipinski definition) is 0. The summed E-state index contributed by atoms with van der Waals surface area (Å²) in [6, 6.07) is 2.75. The molecule has 2 aromatic heterocycles. The first-order chi connectivity index (χ1) is 11.7. The van der Waals surface area contributed by atoms with Crippen LogP contribution in [0.4, 0.5) is 0 Å². The van der Waals surface area contributed by atoms with Gasteiger partial charge in [0.05, 0.1) is 6.54 Å². The lowest BCUT2D eigenvalue weighted by Crippen LogP contribution is -2.47. The van der Waals surface area contributed by atoms with Crippen LogP contribution in [-0.2, 0) is 11.3 Å². The Balaban J connectivity index is 1.47. The van der Waals surface area contributed by atoms with E-state index in [0.717, 1.165) is 37.9 Å². The van der Waals surface area contributed by atoms with Crippen LogP contribution in [0.5, 0.6) is 0 Å². The molecule has 1 amide bonds. The molecule has 2 saturated heterocycles. The minimum Gasteiger partial charge on any atom is -0.338 e. The summed E-state index contributed by atoms with van der Waals surface area (Å²) in [5, 5.41) is 8.13. The Labute approximate surface area is 145 Å². The fraction of sp³-hybridized carbons (Fsp3) is 0.588. The van der Waals surface area contributed by atoms with Crippen molar-refractivity contribution in [3.63, 3.8) is 0 Å². The smallest absolute Gasteiger partial charge is 0.241 e. The van der Waals surface area contributed by atoms with Crippen LogP contribution in [0.1, 0.15) is 38.5 Å². The fourth-order valence-corrected chi connectivity index (χ4v) is 4.70. The van der Waals surface area contributed by atoms with Crippen molar-refractivity contribution >= 4 is 17.2 Å². The third-order valence-electron chi connectivity index (χ3n) is 5.15. The van der Waals surface area contributed by atoms with E-state index in [1.807, 2.05) is 21.7 Å². The molecule has 4 rings (SSSR count). The third kappa shape index (κ3) is 2.98. The summed E-state index contributed by atoms with van der Waals surface area (Å²) >= 11 is 1.63. The van der Waals surface area contributed by atoms with E-state index in [0.29, 0.717) is 30.3 Å². The van der Waals surface area contributed by atoms with Gasteiger partial charge in [-0.25, -0.2) is 0 Å². The van der Waals surface area contributed by atoms with Gasteiger partial charge >= 0.3 is 0 Å². The van der Waals surface area contributed by atoms with E-state index in [1.54, 1.807) is 18.3 Å². The molecule has 0 aromatic carbocycles. The predicted octanol–water partition coefficient (Wildman–Crippen LogP) is 2.77. The number of aromatic nitrogens is 2. The Kier molecular flexibility index (Phi) is 4.37. The van der Waals surface area contributed by atoms with Gasteiger partial charge in [-0.05, 0) is 43.7 Å². The van der Waals surface area contributed by atoms with Crippen LogP contribution >= 0.6 is 11.3 Å². The Hall–Kier alpha value is -1.73. The van der Waals surface area contributed by atoms with Gasteiger partial charge in [-0.2, -0.15) is 16.3 Å². The lowest BCUT2D eigenvalue weighted by atomic mass is 10.0. The number of amides is 1. The molecule has 0 radical (unpaired) electrons. The van der Waals surface area contributed by atoms with E-state index in [2.05, 4.69) is 15.0 Å². The Morgan fingerprint density at radius 2 is 2.17 bits per heavy atom. The fourth-order valence-electron chi connectivity index (χ4n) is 4.07. The van der Waals surface area contributed by atoms with Gasteiger partial charge in [0.15, 0.2) is 0 Å². The van der Waals surface area contributed by atoms with E-state index in [4.69, 9.17) is 4.52 Å². The predicted molar refractivity (Wildman–Crippen MR) is 91.5 cm³/mol. The van der Waals surface area contributed by atoms with Gasteiger partial charge in [-0.1, -0.05) is 5.16 Å². The van der Waals surface area contributed by atoms with Crippen molar-refractivity contribution in [3.05, 3.63) is 22.7 Å². The highest BCUT2D eigenvalue weighted by Gasteiger charge is 2.39. The average molecular weight is 346 g/mol. The number of nitrogens with zero attached hydrogens (tertiary/aromatic N) is 4. The van der Waals surface area contributed by atoms with Gasteiger partial charge in [0.25, 0.3) is 0 Å². The highest BCUT2D eigenvalue weighted by atomic mass is 32.1. The standard InChI is InChI=1S/C17H22N4O2S/c1-12(22)21-8-3-5-15(21)14-4-2-7-20(14)10-16-18-17(19-23-16)13-6-9-24-11-13/h6,9,11,14-15H,2-5,7-8,10H2,1H3/t14-,15+/m0/s1. The minimum absolute atomic E-state index is 0.196. The van der Waals surface area contributed by atoms with Gasteiger partial charge in [0.1, 0.15) is 0 Å². The lowest BCUT2D eigenvalue weighted by molar-refractivity contribution is -0.130. The van der Waals surface area contributed by atoms with Gasteiger partial charge in [0.2, 0.25) is 17.6 Å². The summed E-state index contributed by atoms with van der Waals surface area (Å²) in [5.41, 5.74) is 1.01. The Morgan fingerprint density at radius 1 is 1.33 bits per heavy atom. The zero-order chi connectivity index (χ0) is 16.5. The number of carbonyl (C=O) groups is 1. The largest absolute Gasteiger partial charge is 0.338 e. The van der Waals surface area contributed by atoms with Gasteiger partial charge in [0, 0.05) is 36.5 Å². The quantitative estimate of drug-likeness (QED) is 0.852. The highest BCUT2D eigenvalue weighted by Crippen LogP contribution is 2.31. The van der Waals surface area contributed by atoms with E-state index in [9.17, 15) is 4.79 Å². The maximum atomic E-state index is 11.9. The molecule has 4 heterocycles. The van der Waals surface area contributed by atoms with Gasteiger partial charge in [-0.3, -0.25) is 9.69 Å². The molecule has 0 saturated carbocycles. The van der Waals surface area contributed by atoms with Crippen molar-refractivity contribution in [1.29, 1.82) is 0 Å². The zero-order valence-corrected chi connectivity index (χ0v) is 14.7. The van der Waals surface area contributed by atoms with Crippen LogP contribution in [0.2, 0.25) is 0 Å². The first-order valence-electron chi connectivity index (χ1n) is 8.59. The first-order valence-corrected chi connectivity index (χ1v) is 9.53. The number of rotatable bonds is 4. The molecule has 2 fully saturated rings. The molecule has 128 valence electrons. The third-order valence-corrected chi connectivity index (χ3v) is 5.83. The molecule has 24 heavy (non-hydrogen) atoms. The summed E-state index contributed by atoms with van der Waals surface area (Å²) < 4.78 is 5.46. The molecule has 7 heteroatoms. The van der Waals surface area contributed by atoms with Crippen molar-refractivity contribution in [1.82, 2.24) is 19.9 Å². The Morgan fingerprint density at radius 3 is 2.96 bits per heavy atom. The number of hydrogen-bond acceptors (Lipinski definition) is 6. The van der Waals surface area contributed by atoms with Crippen LogP contribution in [0.3, 0.4) is 0 Å². The summed E-state index contributed by atoms with van der Waals surface area (Å²) in [5.74, 6) is 1.52. The maximum Gasteiger partial charge on any atom is 0.241 e. The molecular formula is C17H22N4O2S. The normalized spacial score (nSPS) is 24.8. The van der Waals surface area contributed by atoms with E-state index >= 15 is 0 Å². The van der Waals surface area contributed by atoms with Crippen molar-refractivity contribution in [2.45, 2.75) is 51.2 Å². The van der Waals surface area contributed by atoms with Gasteiger partial charge < -0.3 is 9.42 Å². The van der Waals surface area contributed by atoms with Crippen molar-refractivity contribution < 1.29 is 9.32 Å². The van der Waals surface area contributed by atoms with Crippen LogP contribution in [0.15, 0.2) is 21.3 Å². The van der Waals surface area contributed by atoms with E-state index in [-0.39, 0.29) is 5.91 Å². The molecule has 2 aliphatic rings. The summed E-state index contributed by atoms with van der Waals surface area (Å²) in [4.78, 5) is 20.9. The van der Waals surface area contributed by atoms with Crippen molar-refractivity contribution in [2.24, 2.45) is 0 Å². The highest BCUT2D eigenvalue weighted by molar-refractivity contribution is 7.08. The molecule has 0 unspecified atom stereocenters. The molecule has 2 aromatic rings. The van der Waals surface area contributed by atoms with Crippen molar-refractivity contribution in [3.8, 4) is 11.4 Å². The Bertz CT molecular complexity index is 699. The molecular weight excluding hydrogens is 324 g/mol. The molecule has 0 N–H and O–H groups in total. The average Bonchev–Trinajstić information content (AvgIpc) is 3.35. The van der Waals surface area contributed by atoms with Crippen LogP contribution < -0.4 is 0 Å². The van der Waals surface area contributed by atoms with Crippen LogP contribution in [-0.4, -0.2) is 51.0 Å². The lowest BCUT2D eigenvalue weighted by Gasteiger charge is -2.33. The SMILES string of the molecule is CC(=O)N1CCC[C@@H]1[C@@H]1CCCN1Cc1nc(-c2ccsc2)no1. The van der Waals surface area contributed by atoms with Gasteiger partial charge in [-0.15, -0.1) is 0 Å². The van der Waals surface area contributed by atoms with E-state index in [1.165, 1.54) is 6.42 Å². The second-order valence-corrected chi connectivity index (χ2v) is 7.41. The summed E-state index contributed by atoms with van der Waals surface area (Å²) in [6.45, 7) is 4.28. The number of carbonyl (C=O) groups excluding carboxylic acids is 1. The summed E-state index contributed by atoms with van der Waals surface area (Å²) in [6.07, 6.45) is 4.51. The van der Waals surface area contributed by atoms with Crippen LogP contribution in [0, 0.1) is 0 Å².